The second-order valence-corrected chi connectivity index (χ2v) is 3.71. The maximum atomic E-state index is 5.63. The summed E-state index contributed by atoms with van der Waals surface area (Å²) in [5, 5.41) is 0. The third-order valence-corrected chi connectivity index (χ3v) is 2.43. The summed E-state index contributed by atoms with van der Waals surface area (Å²) in [6, 6.07) is 9.40. The number of methoxy groups -OCH3 is 1. The van der Waals surface area contributed by atoms with Gasteiger partial charge in [-0.1, -0.05) is 19.1 Å². The summed E-state index contributed by atoms with van der Waals surface area (Å²) in [5.74, 6) is 1.59. The smallest absolute Gasteiger partial charge is 0.227 e. The number of hydrogen-bond donors (Lipinski definition) is 1. The predicted octanol–water partition coefficient (Wildman–Crippen LogP) is 2.42. The number of aromatic nitrogens is 2. The quantitative estimate of drug-likeness (QED) is 0.895. The van der Waals surface area contributed by atoms with Crippen molar-refractivity contribution in [3.8, 4) is 17.5 Å². The lowest BCUT2D eigenvalue weighted by molar-refractivity contribution is 0.389. The highest BCUT2D eigenvalue weighted by molar-refractivity contribution is 5.35. The van der Waals surface area contributed by atoms with Crippen LogP contribution < -0.4 is 15.2 Å². The number of benzene rings is 1. The molecule has 0 aliphatic heterocycles. The molecule has 5 heteroatoms. The number of nitrogens with two attached hydrogens (primary N) is 1. The number of nitrogens with zero attached hydrogens (tertiary/aromatic N) is 2. The van der Waals surface area contributed by atoms with Gasteiger partial charge in [0.1, 0.15) is 5.75 Å². The summed E-state index contributed by atoms with van der Waals surface area (Å²) >= 11 is 0. The maximum Gasteiger partial charge on any atom is 0.227 e. The van der Waals surface area contributed by atoms with Crippen molar-refractivity contribution >= 4 is 5.95 Å². The minimum Gasteiger partial charge on any atom is -0.481 e. The van der Waals surface area contributed by atoms with Crippen molar-refractivity contribution in [2.24, 2.45) is 0 Å². The summed E-state index contributed by atoms with van der Waals surface area (Å²) in [7, 11) is 1.52. The van der Waals surface area contributed by atoms with Crippen LogP contribution in [0.25, 0.3) is 0 Å². The molecule has 0 aliphatic rings. The fraction of sp³-hybridized carbons (Fsp3) is 0.231. The van der Waals surface area contributed by atoms with E-state index in [1.165, 1.54) is 12.7 Å². The Morgan fingerprint density at radius 3 is 2.67 bits per heavy atom. The lowest BCUT2D eigenvalue weighted by Gasteiger charge is -2.07. The van der Waals surface area contributed by atoms with E-state index in [0.717, 1.165) is 12.2 Å². The summed E-state index contributed by atoms with van der Waals surface area (Å²) in [6.07, 6.45) is 0.951. The van der Waals surface area contributed by atoms with Gasteiger partial charge >= 0.3 is 0 Å². The summed E-state index contributed by atoms with van der Waals surface area (Å²) in [5.41, 5.74) is 6.76. The number of rotatable bonds is 4. The zero-order chi connectivity index (χ0) is 13.0. The summed E-state index contributed by atoms with van der Waals surface area (Å²) in [6.45, 7) is 2.09. The highest BCUT2D eigenvalue weighted by Gasteiger charge is 2.05. The zero-order valence-corrected chi connectivity index (χ0v) is 10.4. The van der Waals surface area contributed by atoms with Gasteiger partial charge in [0.05, 0.1) is 13.2 Å². The number of anilines is 1. The lowest BCUT2D eigenvalue weighted by Crippen LogP contribution is -1.99. The number of aryl methyl sites for hydroxylation is 1. The van der Waals surface area contributed by atoms with E-state index < -0.39 is 0 Å². The Hall–Kier alpha value is -2.30. The van der Waals surface area contributed by atoms with Gasteiger partial charge in [0.2, 0.25) is 17.7 Å². The molecule has 0 radical (unpaired) electrons. The molecular weight excluding hydrogens is 230 g/mol. The van der Waals surface area contributed by atoms with Crippen LogP contribution in [-0.4, -0.2) is 17.1 Å². The first kappa shape index (κ1) is 12.2. The first-order valence-electron chi connectivity index (χ1n) is 5.66. The Morgan fingerprint density at radius 2 is 1.94 bits per heavy atom. The Bertz CT molecular complexity index is 544. The van der Waals surface area contributed by atoms with Crippen molar-refractivity contribution in [1.29, 1.82) is 0 Å². The number of hydrogen-bond acceptors (Lipinski definition) is 5. The highest BCUT2D eigenvalue weighted by atomic mass is 16.5. The van der Waals surface area contributed by atoms with Crippen LogP contribution in [0.4, 0.5) is 5.95 Å². The van der Waals surface area contributed by atoms with Crippen LogP contribution in [0.3, 0.4) is 0 Å². The van der Waals surface area contributed by atoms with Crippen molar-refractivity contribution in [2.45, 2.75) is 13.3 Å². The van der Waals surface area contributed by atoms with Crippen LogP contribution in [0.1, 0.15) is 12.5 Å². The molecule has 1 heterocycles. The molecule has 0 saturated heterocycles. The van der Waals surface area contributed by atoms with Crippen LogP contribution in [0.2, 0.25) is 0 Å². The second-order valence-electron chi connectivity index (χ2n) is 3.71. The topological polar surface area (TPSA) is 70.3 Å². The molecule has 1 aromatic carbocycles. The largest absolute Gasteiger partial charge is 0.481 e. The summed E-state index contributed by atoms with van der Waals surface area (Å²) in [4.78, 5) is 7.89. The van der Waals surface area contributed by atoms with Gasteiger partial charge in [-0.3, -0.25) is 0 Å². The average Bonchev–Trinajstić information content (AvgIpc) is 2.38. The molecule has 0 saturated carbocycles. The molecular formula is C13H15N3O2. The van der Waals surface area contributed by atoms with Gasteiger partial charge in [0.15, 0.2) is 0 Å². The molecule has 0 atom stereocenters. The first-order chi connectivity index (χ1) is 8.71. The Kier molecular flexibility index (Phi) is 3.62. The van der Waals surface area contributed by atoms with Crippen LogP contribution >= 0.6 is 0 Å². The normalized spacial score (nSPS) is 10.1. The van der Waals surface area contributed by atoms with E-state index in [2.05, 4.69) is 16.9 Å². The second kappa shape index (κ2) is 5.35. The van der Waals surface area contributed by atoms with Crippen molar-refractivity contribution in [3.05, 3.63) is 35.9 Å². The molecule has 5 nitrogen and oxygen atoms in total. The van der Waals surface area contributed by atoms with Crippen molar-refractivity contribution in [1.82, 2.24) is 9.97 Å². The molecule has 2 aromatic rings. The van der Waals surface area contributed by atoms with Gasteiger partial charge in [-0.25, -0.2) is 0 Å². The molecule has 0 spiro atoms. The van der Waals surface area contributed by atoms with Gasteiger partial charge in [0.25, 0.3) is 0 Å². The minimum atomic E-state index is 0.121. The van der Waals surface area contributed by atoms with E-state index in [9.17, 15) is 0 Å². The van der Waals surface area contributed by atoms with E-state index in [4.69, 9.17) is 15.2 Å². The van der Waals surface area contributed by atoms with Crippen LogP contribution in [0, 0.1) is 0 Å². The average molecular weight is 245 g/mol. The fourth-order valence-electron chi connectivity index (χ4n) is 1.53. The molecule has 1 aromatic heterocycles. The monoisotopic (exact) mass is 245 g/mol. The molecule has 0 amide bonds. The van der Waals surface area contributed by atoms with E-state index in [1.54, 1.807) is 6.07 Å². The molecule has 0 fully saturated rings. The van der Waals surface area contributed by atoms with Crippen LogP contribution in [0.5, 0.6) is 17.5 Å². The third kappa shape index (κ3) is 2.88. The molecule has 0 aliphatic carbocycles. The van der Waals surface area contributed by atoms with Crippen LogP contribution in [-0.2, 0) is 6.42 Å². The molecule has 0 unspecified atom stereocenters. The summed E-state index contributed by atoms with van der Waals surface area (Å²) < 4.78 is 10.6. The molecule has 18 heavy (non-hydrogen) atoms. The molecule has 2 rings (SSSR count). The first-order valence-corrected chi connectivity index (χ1v) is 5.66. The fourth-order valence-corrected chi connectivity index (χ4v) is 1.53. The van der Waals surface area contributed by atoms with E-state index in [-0.39, 0.29) is 5.95 Å². The van der Waals surface area contributed by atoms with Crippen molar-refractivity contribution in [3.63, 3.8) is 0 Å². The number of ether oxygens (including phenoxy) is 2. The Morgan fingerprint density at radius 1 is 1.17 bits per heavy atom. The standard InChI is InChI=1S/C13H15N3O2/c1-3-9-5-4-6-10(7-9)18-12-8-11(17-2)15-13(14)16-12/h4-8H,3H2,1-2H3,(H2,14,15,16). The van der Waals surface area contributed by atoms with Crippen molar-refractivity contribution < 1.29 is 9.47 Å². The van der Waals surface area contributed by atoms with E-state index in [1.807, 2.05) is 24.3 Å². The minimum absolute atomic E-state index is 0.121. The van der Waals surface area contributed by atoms with Gasteiger partial charge in [-0.15, -0.1) is 0 Å². The molecule has 0 bridgehead atoms. The lowest BCUT2D eigenvalue weighted by atomic mass is 10.2. The maximum absolute atomic E-state index is 5.63. The van der Waals surface area contributed by atoms with Crippen molar-refractivity contribution in [2.75, 3.05) is 12.8 Å². The van der Waals surface area contributed by atoms with Gasteiger partial charge < -0.3 is 15.2 Å². The molecule has 2 N–H and O–H groups in total. The van der Waals surface area contributed by atoms with Gasteiger partial charge in [0, 0.05) is 0 Å². The highest BCUT2D eigenvalue weighted by Crippen LogP contribution is 2.23. The zero-order valence-electron chi connectivity index (χ0n) is 10.4. The van der Waals surface area contributed by atoms with E-state index in [0.29, 0.717) is 11.8 Å². The SMILES string of the molecule is CCc1cccc(Oc2cc(OC)nc(N)n2)c1. The van der Waals surface area contributed by atoms with Crippen LogP contribution in [0.15, 0.2) is 30.3 Å². The molecule has 94 valence electrons. The van der Waals surface area contributed by atoms with Gasteiger partial charge in [-0.05, 0) is 24.1 Å². The predicted molar refractivity (Wildman–Crippen MR) is 68.9 cm³/mol. The third-order valence-electron chi connectivity index (χ3n) is 2.43. The number of nitrogen functional groups attached to an aromatic ring is 1. The van der Waals surface area contributed by atoms with E-state index >= 15 is 0 Å². The Balaban J connectivity index is 2.24. The van der Waals surface area contributed by atoms with Gasteiger partial charge in [-0.2, -0.15) is 9.97 Å². The Labute approximate surface area is 106 Å².